The van der Waals surface area contributed by atoms with Gasteiger partial charge in [-0.2, -0.15) is 0 Å². The number of nitrogens with zero attached hydrogens (tertiary/aromatic N) is 2. The molecule has 2 saturated heterocycles. The molecule has 8 heteroatoms. The van der Waals surface area contributed by atoms with E-state index in [0.29, 0.717) is 50.5 Å². The second-order valence-corrected chi connectivity index (χ2v) is 9.19. The molecule has 1 N–H and O–H groups in total. The lowest BCUT2D eigenvalue weighted by atomic mass is 9.81. The van der Waals surface area contributed by atoms with E-state index in [1.807, 2.05) is 23.1 Å². The number of carboxylic acid groups (broad SMARTS) is 1. The van der Waals surface area contributed by atoms with Gasteiger partial charge in [0.1, 0.15) is 0 Å². The van der Waals surface area contributed by atoms with E-state index < -0.39 is 5.97 Å². The van der Waals surface area contributed by atoms with Gasteiger partial charge in [-0.05, 0) is 54.9 Å². The molecule has 8 nitrogen and oxygen atoms in total. The molecule has 2 aromatic rings. The highest BCUT2D eigenvalue weighted by atomic mass is 16.5. The lowest BCUT2D eigenvalue weighted by molar-refractivity contribution is -0.131. The van der Waals surface area contributed by atoms with E-state index >= 15 is 0 Å². The predicted octanol–water partition coefficient (Wildman–Crippen LogP) is 3.35. The molecule has 0 aromatic heterocycles. The zero-order valence-electron chi connectivity index (χ0n) is 20.2. The summed E-state index contributed by atoms with van der Waals surface area (Å²) in [5.41, 5.74) is 1.24. The molecule has 2 heterocycles. The fourth-order valence-corrected chi connectivity index (χ4v) is 5.33. The monoisotopic (exact) mass is 480 g/mol. The SMILES string of the molecule is COc1cccc(CCN2CCC3CN(C(=O)c4ccccc4C(=O)O)CCC3CC2=O)c1OC. The van der Waals surface area contributed by atoms with Crippen molar-refractivity contribution in [3.8, 4) is 11.5 Å². The van der Waals surface area contributed by atoms with Crippen LogP contribution in [0, 0.1) is 11.8 Å². The van der Waals surface area contributed by atoms with Gasteiger partial charge in [0, 0.05) is 32.6 Å². The first-order valence-electron chi connectivity index (χ1n) is 12.0. The van der Waals surface area contributed by atoms with Crippen molar-refractivity contribution in [2.75, 3.05) is 40.4 Å². The quantitative estimate of drug-likeness (QED) is 0.653. The molecule has 2 aliphatic heterocycles. The zero-order valence-corrected chi connectivity index (χ0v) is 20.2. The lowest BCUT2D eigenvalue weighted by Gasteiger charge is -2.37. The summed E-state index contributed by atoms with van der Waals surface area (Å²) in [7, 11) is 3.22. The normalized spacial score (nSPS) is 20.1. The first kappa shape index (κ1) is 24.6. The third-order valence-corrected chi connectivity index (χ3v) is 7.26. The Labute approximate surface area is 205 Å². The van der Waals surface area contributed by atoms with E-state index in [-0.39, 0.29) is 34.8 Å². The van der Waals surface area contributed by atoms with E-state index in [1.165, 1.54) is 6.07 Å². The highest BCUT2D eigenvalue weighted by molar-refractivity contribution is 6.04. The van der Waals surface area contributed by atoms with E-state index in [0.717, 1.165) is 18.4 Å². The Balaban J connectivity index is 1.41. The number of ether oxygens (including phenoxy) is 2. The fraction of sp³-hybridized carbons (Fsp3) is 0.444. The van der Waals surface area contributed by atoms with Gasteiger partial charge in [0.2, 0.25) is 5.91 Å². The summed E-state index contributed by atoms with van der Waals surface area (Å²) >= 11 is 0. The van der Waals surface area contributed by atoms with Gasteiger partial charge < -0.3 is 24.4 Å². The Morgan fingerprint density at radius 2 is 1.71 bits per heavy atom. The molecule has 2 atom stereocenters. The van der Waals surface area contributed by atoms with Crippen LogP contribution in [0.25, 0.3) is 0 Å². The van der Waals surface area contributed by atoms with E-state index in [2.05, 4.69) is 0 Å². The minimum absolute atomic E-state index is 0.0230. The molecule has 2 unspecified atom stereocenters. The number of piperidine rings is 1. The van der Waals surface area contributed by atoms with Crippen LogP contribution in [0.3, 0.4) is 0 Å². The Morgan fingerprint density at radius 3 is 2.43 bits per heavy atom. The summed E-state index contributed by atoms with van der Waals surface area (Å²) in [6, 6.07) is 12.1. The highest BCUT2D eigenvalue weighted by Gasteiger charge is 2.37. The number of carboxylic acids is 1. The minimum Gasteiger partial charge on any atom is -0.493 e. The van der Waals surface area contributed by atoms with E-state index in [1.54, 1.807) is 37.3 Å². The van der Waals surface area contributed by atoms with Crippen LogP contribution in [0.15, 0.2) is 42.5 Å². The Bertz CT molecular complexity index is 1100. The first-order valence-corrected chi connectivity index (χ1v) is 12.0. The number of amides is 2. The van der Waals surface area contributed by atoms with Crippen LogP contribution in [0.5, 0.6) is 11.5 Å². The van der Waals surface area contributed by atoms with Gasteiger partial charge in [0.15, 0.2) is 11.5 Å². The molecule has 0 radical (unpaired) electrons. The maximum atomic E-state index is 13.1. The van der Waals surface area contributed by atoms with Crippen LogP contribution in [0.1, 0.15) is 45.5 Å². The number of hydrogen-bond donors (Lipinski definition) is 1. The molecule has 4 rings (SSSR count). The van der Waals surface area contributed by atoms with Crippen molar-refractivity contribution in [2.45, 2.75) is 25.7 Å². The van der Waals surface area contributed by atoms with Crippen molar-refractivity contribution in [1.29, 1.82) is 0 Å². The van der Waals surface area contributed by atoms with Crippen molar-refractivity contribution in [1.82, 2.24) is 9.80 Å². The molecule has 2 amide bonds. The molecule has 2 fully saturated rings. The summed E-state index contributed by atoms with van der Waals surface area (Å²) < 4.78 is 10.9. The number of fused-ring (bicyclic) bond motifs is 1. The molecule has 35 heavy (non-hydrogen) atoms. The van der Waals surface area contributed by atoms with Crippen LogP contribution in [0.2, 0.25) is 0 Å². The van der Waals surface area contributed by atoms with Crippen LogP contribution < -0.4 is 9.47 Å². The number of carbonyl (C=O) groups is 3. The average molecular weight is 481 g/mol. The Hall–Kier alpha value is -3.55. The van der Waals surface area contributed by atoms with Gasteiger partial charge in [-0.1, -0.05) is 24.3 Å². The van der Waals surface area contributed by atoms with Gasteiger partial charge in [-0.15, -0.1) is 0 Å². The number of hydrogen-bond acceptors (Lipinski definition) is 5. The summed E-state index contributed by atoms with van der Waals surface area (Å²) in [5, 5.41) is 9.46. The van der Waals surface area contributed by atoms with Crippen molar-refractivity contribution in [2.24, 2.45) is 11.8 Å². The average Bonchev–Trinajstić information content (AvgIpc) is 3.03. The standard InChI is InChI=1S/C27H32N2O6/c1-34-23-9-5-6-18(25(23)35-2)10-13-28-14-12-20-17-29(15-11-19(20)16-24(28)30)26(31)21-7-3-4-8-22(21)27(32)33/h3-9,19-20H,10-17H2,1-2H3,(H,32,33). The number of likely N-dealkylation sites (tertiary alicyclic amines) is 2. The second-order valence-electron chi connectivity index (χ2n) is 9.19. The number of carbonyl (C=O) groups excluding carboxylic acids is 2. The Kier molecular flexibility index (Phi) is 7.58. The van der Waals surface area contributed by atoms with E-state index in [4.69, 9.17) is 9.47 Å². The lowest BCUT2D eigenvalue weighted by Crippen LogP contribution is -2.44. The van der Waals surface area contributed by atoms with Crippen molar-refractivity contribution in [3.63, 3.8) is 0 Å². The fourth-order valence-electron chi connectivity index (χ4n) is 5.33. The summed E-state index contributed by atoms with van der Waals surface area (Å²) in [6.45, 7) is 2.31. The number of aromatic carboxylic acids is 1. The number of benzene rings is 2. The largest absolute Gasteiger partial charge is 0.493 e. The molecule has 2 aromatic carbocycles. The molecule has 0 saturated carbocycles. The first-order chi connectivity index (χ1) is 16.9. The zero-order chi connectivity index (χ0) is 24.9. The molecule has 0 bridgehead atoms. The number of methoxy groups -OCH3 is 2. The smallest absolute Gasteiger partial charge is 0.336 e. The molecular weight excluding hydrogens is 448 g/mol. The number of para-hydroxylation sites is 1. The topological polar surface area (TPSA) is 96.4 Å². The van der Waals surface area contributed by atoms with Gasteiger partial charge >= 0.3 is 5.97 Å². The predicted molar refractivity (Wildman–Crippen MR) is 130 cm³/mol. The third kappa shape index (κ3) is 5.26. The Morgan fingerprint density at radius 1 is 0.971 bits per heavy atom. The molecular formula is C27H32N2O6. The van der Waals surface area contributed by atoms with Crippen LogP contribution in [-0.4, -0.2) is 73.1 Å². The summed E-state index contributed by atoms with van der Waals surface area (Å²) in [6.07, 6.45) is 2.70. The summed E-state index contributed by atoms with van der Waals surface area (Å²) in [4.78, 5) is 41.4. The van der Waals surface area contributed by atoms with Gasteiger partial charge in [-0.25, -0.2) is 4.79 Å². The van der Waals surface area contributed by atoms with Crippen LogP contribution in [0.4, 0.5) is 0 Å². The van der Waals surface area contributed by atoms with Crippen LogP contribution in [-0.2, 0) is 11.2 Å². The van der Waals surface area contributed by atoms with Crippen molar-refractivity contribution in [3.05, 3.63) is 59.2 Å². The summed E-state index contributed by atoms with van der Waals surface area (Å²) in [5.74, 6) is 0.610. The van der Waals surface area contributed by atoms with Gasteiger partial charge in [-0.3, -0.25) is 9.59 Å². The third-order valence-electron chi connectivity index (χ3n) is 7.26. The highest BCUT2D eigenvalue weighted by Crippen LogP contribution is 2.34. The molecule has 2 aliphatic rings. The molecule has 186 valence electrons. The van der Waals surface area contributed by atoms with Crippen LogP contribution >= 0.6 is 0 Å². The van der Waals surface area contributed by atoms with Crippen molar-refractivity contribution >= 4 is 17.8 Å². The second kappa shape index (κ2) is 10.8. The maximum absolute atomic E-state index is 13.1. The van der Waals surface area contributed by atoms with E-state index in [9.17, 15) is 19.5 Å². The van der Waals surface area contributed by atoms with Gasteiger partial charge in [0.25, 0.3) is 5.91 Å². The number of rotatable bonds is 7. The molecule has 0 aliphatic carbocycles. The van der Waals surface area contributed by atoms with Crippen molar-refractivity contribution < 1.29 is 29.0 Å². The van der Waals surface area contributed by atoms with Gasteiger partial charge in [0.05, 0.1) is 25.3 Å². The minimum atomic E-state index is -1.10. The maximum Gasteiger partial charge on any atom is 0.336 e. The molecule has 0 spiro atoms.